The van der Waals surface area contributed by atoms with Gasteiger partial charge in [-0.3, -0.25) is 4.79 Å². The number of hydrogen-bond acceptors (Lipinski definition) is 2. The number of likely N-dealkylation sites (tertiary alicyclic amines) is 1. The molecule has 1 saturated heterocycles. The minimum Gasteiger partial charge on any atom is -0.492 e. The third kappa shape index (κ3) is 1.49. The molecule has 1 saturated carbocycles. The molecule has 3 nitrogen and oxygen atoms in total. The number of hydrogen-bond donors (Lipinski definition) is 0. The Morgan fingerprint density at radius 3 is 2.65 bits per heavy atom. The minimum atomic E-state index is 0.00866. The van der Waals surface area contributed by atoms with Gasteiger partial charge in [-0.1, -0.05) is 13.8 Å². The van der Waals surface area contributed by atoms with E-state index < -0.39 is 0 Å². The maximum absolute atomic E-state index is 12.7. The van der Waals surface area contributed by atoms with Crippen LogP contribution in [0.3, 0.4) is 0 Å². The standard InChI is InChI=1S/C17H21NO2/c1-16(2)11-20-14-5-4-12(10-13(14)16)15(19)18-9-8-17(18)6-3-7-17/h4-5,10H,3,6-9,11H2,1-2H3. The van der Waals surface area contributed by atoms with E-state index in [0.717, 1.165) is 17.9 Å². The molecule has 1 aromatic carbocycles. The van der Waals surface area contributed by atoms with Crippen molar-refractivity contribution in [1.82, 2.24) is 4.90 Å². The molecule has 0 unspecified atom stereocenters. The van der Waals surface area contributed by atoms with Crippen molar-refractivity contribution in [2.75, 3.05) is 13.2 Å². The fraction of sp³-hybridized carbons (Fsp3) is 0.588. The average Bonchev–Trinajstić information content (AvgIpc) is 2.62. The predicted molar refractivity (Wildman–Crippen MR) is 77.2 cm³/mol. The summed E-state index contributed by atoms with van der Waals surface area (Å²) in [6, 6.07) is 5.94. The summed E-state index contributed by atoms with van der Waals surface area (Å²) >= 11 is 0. The Morgan fingerprint density at radius 1 is 1.25 bits per heavy atom. The van der Waals surface area contributed by atoms with Crippen LogP contribution in [0.2, 0.25) is 0 Å². The van der Waals surface area contributed by atoms with Crippen LogP contribution in [0.1, 0.15) is 55.5 Å². The molecule has 1 amide bonds. The maximum Gasteiger partial charge on any atom is 0.254 e. The molecule has 2 fully saturated rings. The fourth-order valence-corrected chi connectivity index (χ4v) is 3.77. The molecule has 2 heterocycles. The number of nitrogens with zero attached hydrogens (tertiary/aromatic N) is 1. The molecular weight excluding hydrogens is 250 g/mol. The molecule has 20 heavy (non-hydrogen) atoms. The van der Waals surface area contributed by atoms with Crippen LogP contribution in [-0.4, -0.2) is 29.5 Å². The maximum atomic E-state index is 12.7. The molecule has 0 radical (unpaired) electrons. The van der Waals surface area contributed by atoms with Gasteiger partial charge >= 0.3 is 0 Å². The van der Waals surface area contributed by atoms with Gasteiger partial charge in [0.2, 0.25) is 0 Å². The van der Waals surface area contributed by atoms with Gasteiger partial charge < -0.3 is 9.64 Å². The summed E-state index contributed by atoms with van der Waals surface area (Å²) in [4.78, 5) is 14.8. The zero-order chi connectivity index (χ0) is 14.0. The highest BCUT2D eigenvalue weighted by Gasteiger charge is 2.51. The van der Waals surface area contributed by atoms with Gasteiger partial charge in [0.1, 0.15) is 5.75 Å². The van der Waals surface area contributed by atoms with Crippen LogP contribution in [0, 0.1) is 0 Å². The molecule has 4 rings (SSSR count). The highest BCUT2D eigenvalue weighted by Crippen LogP contribution is 2.48. The Bertz CT molecular complexity index is 581. The lowest BCUT2D eigenvalue weighted by molar-refractivity contribution is -0.0487. The van der Waals surface area contributed by atoms with Crippen molar-refractivity contribution in [1.29, 1.82) is 0 Å². The van der Waals surface area contributed by atoms with E-state index in [1.807, 2.05) is 12.1 Å². The van der Waals surface area contributed by atoms with Gasteiger partial charge in [-0.2, -0.15) is 0 Å². The van der Waals surface area contributed by atoms with Gasteiger partial charge in [-0.05, 0) is 43.9 Å². The number of amides is 1. The Labute approximate surface area is 119 Å². The van der Waals surface area contributed by atoms with Crippen LogP contribution in [0.15, 0.2) is 18.2 Å². The van der Waals surface area contributed by atoms with Gasteiger partial charge in [-0.25, -0.2) is 0 Å². The third-order valence-electron chi connectivity index (χ3n) is 5.45. The zero-order valence-corrected chi connectivity index (χ0v) is 12.2. The molecule has 1 spiro atoms. The molecule has 106 valence electrons. The van der Waals surface area contributed by atoms with E-state index in [9.17, 15) is 4.79 Å². The van der Waals surface area contributed by atoms with Crippen LogP contribution in [0.4, 0.5) is 0 Å². The van der Waals surface area contributed by atoms with Crippen molar-refractivity contribution < 1.29 is 9.53 Å². The fourth-order valence-electron chi connectivity index (χ4n) is 3.77. The second-order valence-electron chi connectivity index (χ2n) is 7.17. The summed E-state index contributed by atoms with van der Waals surface area (Å²) in [5.74, 6) is 1.15. The Kier molecular flexibility index (Phi) is 2.31. The highest BCUT2D eigenvalue weighted by molar-refractivity contribution is 5.96. The van der Waals surface area contributed by atoms with Crippen LogP contribution in [0.5, 0.6) is 5.75 Å². The summed E-state index contributed by atoms with van der Waals surface area (Å²) in [7, 11) is 0. The summed E-state index contributed by atoms with van der Waals surface area (Å²) in [5.41, 5.74) is 2.23. The van der Waals surface area contributed by atoms with E-state index in [1.54, 1.807) is 0 Å². The first-order valence-corrected chi connectivity index (χ1v) is 7.61. The number of benzene rings is 1. The van der Waals surface area contributed by atoms with Crippen LogP contribution >= 0.6 is 0 Å². The van der Waals surface area contributed by atoms with Gasteiger partial charge in [0.25, 0.3) is 5.91 Å². The van der Waals surface area contributed by atoms with Crippen LogP contribution in [-0.2, 0) is 5.41 Å². The molecule has 2 aliphatic heterocycles. The molecule has 0 bridgehead atoms. The molecule has 3 heteroatoms. The second-order valence-corrected chi connectivity index (χ2v) is 7.17. The molecule has 1 aromatic rings. The summed E-state index contributed by atoms with van der Waals surface area (Å²) in [6.07, 6.45) is 4.85. The van der Waals surface area contributed by atoms with Crippen LogP contribution in [0.25, 0.3) is 0 Å². The number of rotatable bonds is 1. The molecule has 0 aromatic heterocycles. The lowest BCUT2D eigenvalue weighted by atomic mass is 9.67. The number of ether oxygens (including phenoxy) is 1. The first-order valence-electron chi connectivity index (χ1n) is 7.61. The number of fused-ring (bicyclic) bond motifs is 1. The first kappa shape index (κ1) is 12.2. The average molecular weight is 271 g/mol. The number of carbonyl (C=O) groups is 1. The van der Waals surface area contributed by atoms with E-state index in [1.165, 1.54) is 31.2 Å². The lowest BCUT2D eigenvalue weighted by Crippen LogP contribution is -2.65. The van der Waals surface area contributed by atoms with E-state index in [0.29, 0.717) is 6.61 Å². The van der Waals surface area contributed by atoms with Crippen molar-refractivity contribution in [2.45, 2.75) is 50.5 Å². The Morgan fingerprint density at radius 2 is 2.05 bits per heavy atom. The third-order valence-corrected chi connectivity index (χ3v) is 5.45. The highest BCUT2D eigenvalue weighted by atomic mass is 16.5. The number of carbonyl (C=O) groups excluding carboxylic acids is 1. The van der Waals surface area contributed by atoms with Gasteiger partial charge in [0.15, 0.2) is 0 Å². The predicted octanol–water partition coefficient (Wildman–Crippen LogP) is 3.13. The van der Waals surface area contributed by atoms with E-state index in [-0.39, 0.29) is 16.9 Å². The van der Waals surface area contributed by atoms with Crippen molar-refractivity contribution in [3.63, 3.8) is 0 Å². The second kappa shape index (κ2) is 3.78. The largest absolute Gasteiger partial charge is 0.492 e. The first-order chi connectivity index (χ1) is 9.52. The molecule has 0 N–H and O–H groups in total. The summed E-state index contributed by atoms with van der Waals surface area (Å²) < 4.78 is 5.70. The zero-order valence-electron chi connectivity index (χ0n) is 12.2. The quantitative estimate of drug-likeness (QED) is 0.785. The van der Waals surface area contributed by atoms with Crippen LogP contribution < -0.4 is 4.74 Å². The van der Waals surface area contributed by atoms with Gasteiger partial charge in [0, 0.05) is 28.6 Å². The van der Waals surface area contributed by atoms with Gasteiger partial charge in [-0.15, -0.1) is 0 Å². The van der Waals surface area contributed by atoms with Crippen molar-refractivity contribution in [3.8, 4) is 5.75 Å². The monoisotopic (exact) mass is 271 g/mol. The van der Waals surface area contributed by atoms with Gasteiger partial charge in [0.05, 0.1) is 6.61 Å². The van der Waals surface area contributed by atoms with Crippen molar-refractivity contribution >= 4 is 5.91 Å². The molecule has 1 aliphatic carbocycles. The van der Waals surface area contributed by atoms with E-state index >= 15 is 0 Å². The Balaban J connectivity index is 1.65. The Hall–Kier alpha value is -1.51. The van der Waals surface area contributed by atoms with Crippen molar-refractivity contribution in [2.24, 2.45) is 0 Å². The SMILES string of the molecule is CC1(C)COc2ccc(C(=O)N3CCC34CCC4)cc21. The minimum absolute atomic E-state index is 0.00866. The lowest BCUT2D eigenvalue weighted by Gasteiger charge is -2.58. The van der Waals surface area contributed by atoms with E-state index in [4.69, 9.17) is 4.74 Å². The topological polar surface area (TPSA) is 29.5 Å². The summed E-state index contributed by atoms with van der Waals surface area (Å²) in [6.45, 7) is 5.97. The van der Waals surface area contributed by atoms with Crippen molar-refractivity contribution in [3.05, 3.63) is 29.3 Å². The van der Waals surface area contributed by atoms with E-state index in [2.05, 4.69) is 24.8 Å². The smallest absolute Gasteiger partial charge is 0.254 e. The molecule has 0 atom stereocenters. The molecule has 3 aliphatic rings. The molecular formula is C17H21NO2. The normalized spacial score (nSPS) is 24.6. The summed E-state index contributed by atoms with van der Waals surface area (Å²) in [5, 5.41) is 0.